The minimum absolute atomic E-state index is 0.0225. The van der Waals surface area contributed by atoms with E-state index in [-0.39, 0.29) is 5.91 Å². The highest BCUT2D eigenvalue weighted by Crippen LogP contribution is 2.36. The van der Waals surface area contributed by atoms with Crippen molar-refractivity contribution in [2.45, 2.75) is 33.1 Å². The number of rotatable bonds is 6. The van der Waals surface area contributed by atoms with Gasteiger partial charge in [0.2, 0.25) is 5.91 Å². The van der Waals surface area contributed by atoms with Crippen molar-refractivity contribution < 1.29 is 14.7 Å². The molecule has 0 aliphatic carbocycles. The highest BCUT2D eigenvalue weighted by molar-refractivity contribution is 14.1. The fourth-order valence-electron chi connectivity index (χ4n) is 1.93. The molecule has 0 radical (unpaired) electrons. The topological polar surface area (TPSA) is 66.4 Å². The maximum Gasteiger partial charge on any atom is 0.328 e. The predicted octanol–water partition coefficient (Wildman–Crippen LogP) is 5.12. The molecule has 0 saturated heterocycles. The van der Waals surface area contributed by atoms with Crippen LogP contribution in [0.1, 0.15) is 38.7 Å². The quantitative estimate of drug-likeness (QED) is 0.336. The second-order valence-electron chi connectivity index (χ2n) is 4.56. The minimum atomic E-state index is -0.960. The van der Waals surface area contributed by atoms with Gasteiger partial charge in [-0.15, -0.1) is 0 Å². The molecule has 1 rings (SSSR count). The molecule has 0 unspecified atom stereocenters. The molecule has 0 fully saturated rings. The standard InChI is InChI=1S/C15H16I3NO3/c1-3-5-11(20)19-15-10(17)7-9(16)13(14(15)18)8(4-2)6-12(21)22/h6-7H,3-5H2,1-2H3,(H,19,20)(H,21,22). The molecule has 2 N–H and O–H groups in total. The lowest BCUT2D eigenvalue weighted by molar-refractivity contribution is -0.131. The van der Waals surface area contributed by atoms with Gasteiger partial charge in [-0.2, -0.15) is 0 Å². The molecule has 0 atom stereocenters. The molecule has 4 nitrogen and oxygen atoms in total. The van der Waals surface area contributed by atoms with E-state index in [1.54, 1.807) is 0 Å². The van der Waals surface area contributed by atoms with Gasteiger partial charge in [-0.25, -0.2) is 4.79 Å². The molecule has 0 aliphatic rings. The fraction of sp³-hybridized carbons (Fsp3) is 0.333. The van der Waals surface area contributed by atoms with Crippen LogP contribution in [-0.4, -0.2) is 17.0 Å². The number of aliphatic carboxylic acids is 1. The van der Waals surface area contributed by atoms with E-state index in [0.29, 0.717) is 12.8 Å². The number of nitrogens with one attached hydrogen (secondary N) is 1. The molecule has 1 amide bonds. The van der Waals surface area contributed by atoms with Crippen molar-refractivity contribution in [2.75, 3.05) is 5.32 Å². The molecule has 22 heavy (non-hydrogen) atoms. The first-order chi connectivity index (χ1) is 10.3. The van der Waals surface area contributed by atoms with Gasteiger partial charge < -0.3 is 10.4 Å². The second kappa shape index (κ2) is 9.40. The molecule has 0 saturated carbocycles. The summed E-state index contributed by atoms with van der Waals surface area (Å²) in [6.45, 7) is 3.88. The molecule has 1 aromatic rings. The summed E-state index contributed by atoms with van der Waals surface area (Å²) in [5, 5.41) is 12.0. The van der Waals surface area contributed by atoms with E-state index in [4.69, 9.17) is 5.11 Å². The molecule has 7 heteroatoms. The monoisotopic (exact) mass is 639 g/mol. The van der Waals surface area contributed by atoms with Gasteiger partial charge in [-0.3, -0.25) is 4.79 Å². The Morgan fingerprint density at radius 1 is 1.23 bits per heavy atom. The van der Waals surface area contributed by atoms with Crippen LogP contribution in [0.2, 0.25) is 0 Å². The number of hydrogen-bond acceptors (Lipinski definition) is 2. The van der Waals surface area contributed by atoms with Crippen molar-refractivity contribution in [2.24, 2.45) is 0 Å². The van der Waals surface area contributed by atoms with Gasteiger partial charge >= 0.3 is 5.97 Å². The number of hydrogen-bond donors (Lipinski definition) is 2. The van der Waals surface area contributed by atoms with E-state index in [9.17, 15) is 9.59 Å². The van der Waals surface area contributed by atoms with Gasteiger partial charge in [0, 0.05) is 28.8 Å². The number of benzene rings is 1. The summed E-state index contributed by atoms with van der Waals surface area (Å²) in [6, 6.07) is 1.96. The highest BCUT2D eigenvalue weighted by atomic mass is 127. The van der Waals surface area contributed by atoms with Crippen LogP contribution in [0.3, 0.4) is 0 Å². The lowest BCUT2D eigenvalue weighted by Gasteiger charge is -2.17. The Bertz CT molecular complexity index is 627. The highest BCUT2D eigenvalue weighted by Gasteiger charge is 2.18. The lowest BCUT2D eigenvalue weighted by atomic mass is 10.0. The summed E-state index contributed by atoms with van der Waals surface area (Å²) in [4.78, 5) is 22.9. The lowest BCUT2D eigenvalue weighted by Crippen LogP contribution is -2.14. The van der Waals surface area contributed by atoms with Crippen LogP contribution in [0.5, 0.6) is 0 Å². The van der Waals surface area contributed by atoms with E-state index in [0.717, 1.165) is 34.0 Å². The summed E-state index contributed by atoms with van der Waals surface area (Å²) in [6.07, 6.45) is 3.11. The average molecular weight is 639 g/mol. The van der Waals surface area contributed by atoms with Gasteiger partial charge in [-0.1, -0.05) is 13.8 Å². The summed E-state index contributed by atoms with van der Waals surface area (Å²) in [5.74, 6) is -0.982. The number of amides is 1. The second-order valence-corrected chi connectivity index (χ2v) is 7.97. The first-order valence-electron chi connectivity index (χ1n) is 6.72. The van der Waals surface area contributed by atoms with Crippen molar-refractivity contribution in [1.82, 2.24) is 0 Å². The zero-order valence-corrected chi connectivity index (χ0v) is 18.6. The van der Waals surface area contributed by atoms with E-state index in [1.165, 1.54) is 6.08 Å². The third-order valence-electron chi connectivity index (χ3n) is 2.91. The summed E-state index contributed by atoms with van der Waals surface area (Å²) in [7, 11) is 0. The van der Waals surface area contributed by atoms with Gasteiger partial charge in [0.25, 0.3) is 0 Å². The van der Waals surface area contributed by atoms with E-state index in [1.807, 2.05) is 19.9 Å². The van der Waals surface area contributed by atoms with E-state index >= 15 is 0 Å². The smallest absolute Gasteiger partial charge is 0.328 e. The Morgan fingerprint density at radius 3 is 2.36 bits per heavy atom. The van der Waals surface area contributed by atoms with Crippen LogP contribution in [0.4, 0.5) is 5.69 Å². The summed E-state index contributed by atoms with van der Waals surface area (Å²) >= 11 is 6.58. The average Bonchev–Trinajstić information content (AvgIpc) is 2.42. The molecule has 1 aromatic carbocycles. The molecule has 0 spiro atoms. The van der Waals surface area contributed by atoms with Gasteiger partial charge in [0.1, 0.15) is 0 Å². The third-order valence-corrected chi connectivity index (χ3v) is 5.69. The zero-order valence-electron chi connectivity index (χ0n) is 12.2. The van der Waals surface area contributed by atoms with Crippen molar-refractivity contribution in [3.05, 3.63) is 28.4 Å². The predicted molar refractivity (Wildman–Crippen MR) is 114 cm³/mol. The first kappa shape index (κ1) is 20.1. The van der Waals surface area contributed by atoms with Gasteiger partial charge in [0.15, 0.2) is 0 Å². The van der Waals surface area contributed by atoms with Crippen molar-refractivity contribution in [1.29, 1.82) is 0 Å². The number of halogens is 3. The maximum atomic E-state index is 11.9. The Kier molecular flexibility index (Phi) is 8.60. The molecule has 0 bridgehead atoms. The SMILES string of the molecule is CCCC(=O)Nc1c(I)cc(I)c(C(=CC(=O)O)CC)c1I. The molecular formula is C15H16I3NO3. The Morgan fingerprint density at radius 2 is 1.86 bits per heavy atom. The number of anilines is 1. The minimum Gasteiger partial charge on any atom is -0.478 e. The Balaban J connectivity index is 3.41. The number of carboxylic acids is 1. The number of carbonyl (C=O) groups excluding carboxylic acids is 1. The van der Waals surface area contributed by atoms with Gasteiger partial charge in [-0.05, 0) is 92.3 Å². The third kappa shape index (κ3) is 5.32. The van der Waals surface area contributed by atoms with Crippen LogP contribution in [-0.2, 0) is 9.59 Å². The molecule has 0 aliphatic heterocycles. The largest absolute Gasteiger partial charge is 0.478 e. The fourth-order valence-corrected chi connectivity index (χ4v) is 6.26. The number of allylic oxidation sites excluding steroid dienone is 1. The van der Waals surface area contributed by atoms with Crippen molar-refractivity contribution >= 4 is 90.9 Å². The summed E-state index contributed by atoms with van der Waals surface area (Å²) < 4.78 is 2.81. The number of carboxylic acid groups (broad SMARTS) is 1. The maximum absolute atomic E-state index is 11.9. The summed E-state index contributed by atoms with van der Waals surface area (Å²) in [5.41, 5.74) is 2.40. The van der Waals surface area contributed by atoms with E-state index in [2.05, 4.69) is 73.1 Å². The van der Waals surface area contributed by atoms with Crippen LogP contribution in [0.25, 0.3) is 5.57 Å². The zero-order chi connectivity index (χ0) is 16.9. The Labute approximate surface area is 170 Å². The van der Waals surface area contributed by atoms with Gasteiger partial charge in [0.05, 0.1) is 5.69 Å². The molecule has 120 valence electrons. The number of carbonyl (C=O) groups is 2. The van der Waals surface area contributed by atoms with Crippen LogP contribution < -0.4 is 5.32 Å². The molecule has 0 heterocycles. The first-order valence-corrected chi connectivity index (χ1v) is 9.96. The van der Waals surface area contributed by atoms with Crippen molar-refractivity contribution in [3.8, 4) is 0 Å². The van der Waals surface area contributed by atoms with Crippen LogP contribution >= 0.6 is 67.8 Å². The van der Waals surface area contributed by atoms with Crippen LogP contribution in [0, 0.1) is 10.7 Å². The van der Waals surface area contributed by atoms with Crippen LogP contribution in [0.15, 0.2) is 12.1 Å². The molecule has 0 aromatic heterocycles. The Hall–Kier alpha value is 0.0900. The normalized spacial score (nSPS) is 11.4. The van der Waals surface area contributed by atoms with Crippen molar-refractivity contribution in [3.63, 3.8) is 0 Å². The van der Waals surface area contributed by atoms with E-state index < -0.39 is 5.97 Å². The molecular weight excluding hydrogens is 623 g/mol.